The van der Waals surface area contributed by atoms with E-state index in [4.69, 9.17) is 0 Å². The van der Waals surface area contributed by atoms with Crippen LogP contribution in [0.1, 0.15) is 42.0 Å². The molecule has 0 aromatic heterocycles. The summed E-state index contributed by atoms with van der Waals surface area (Å²) >= 11 is 0. The zero-order valence-corrected chi connectivity index (χ0v) is 16.4. The molecule has 0 fully saturated rings. The number of carbonyl (C=O) groups excluding carboxylic acids is 1. The van der Waals surface area contributed by atoms with E-state index in [0.29, 0.717) is 0 Å². The Hall–Kier alpha value is -3.13. The van der Waals surface area contributed by atoms with Crippen LogP contribution in [-0.4, -0.2) is 5.91 Å². The van der Waals surface area contributed by atoms with Crippen LogP contribution in [-0.2, 0) is 4.79 Å². The first-order chi connectivity index (χ1) is 13.5. The lowest BCUT2D eigenvalue weighted by Gasteiger charge is -2.29. The first-order valence-corrected chi connectivity index (χ1v) is 9.80. The maximum Gasteiger partial charge on any atom is 0.241 e. The number of fused-ring (bicyclic) bond motifs is 2. The first kappa shape index (κ1) is 17.0. The van der Waals surface area contributed by atoms with Crippen molar-refractivity contribution in [2.24, 2.45) is 5.41 Å². The highest BCUT2D eigenvalue weighted by Crippen LogP contribution is 2.58. The van der Waals surface area contributed by atoms with Gasteiger partial charge < -0.3 is 0 Å². The number of amides is 1. The molecule has 3 aromatic rings. The highest BCUT2D eigenvalue weighted by Gasteiger charge is 2.53. The smallest absolute Gasteiger partial charge is 0.241 e. The van der Waals surface area contributed by atoms with Crippen molar-refractivity contribution in [2.45, 2.75) is 26.7 Å². The molecule has 0 saturated carbocycles. The molecule has 1 unspecified atom stereocenters. The van der Waals surface area contributed by atoms with E-state index in [0.717, 1.165) is 11.4 Å². The van der Waals surface area contributed by atoms with Gasteiger partial charge in [0, 0.05) is 11.4 Å². The van der Waals surface area contributed by atoms with Crippen molar-refractivity contribution >= 4 is 17.2 Å². The van der Waals surface area contributed by atoms with E-state index in [-0.39, 0.29) is 11.8 Å². The van der Waals surface area contributed by atoms with Gasteiger partial charge in [-0.2, -0.15) is 0 Å². The molecular formula is C26H23NO. The lowest BCUT2D eigenvalue weighted by atomic mass is 9.82. The molecule has 1 aliphatic carbocycles. The third-order valence-corrected chi connectivity index (χ3v) is 6.10. The molecule has 0 bridgehead atoms. The number of aryl methyl sites for hydroxylation is 1. The van der Waals surface area contributed by atoms with E-state index < -0.39 is 5.41 Å². The zero-order chi connectivity index (χ0) is 19.5. The molecule has 1 atom stereocenters. The molecule has 28 heavy (non-hydrogen) atoms. The fourth-order valence-corrected chi connectivity index (χ4v) is 4.73. The molecule has 0 radical (unpaired) electrons. The summed E-state index contributed by atoms with van der Waals surface area (Å²) < 4.78 is 0. The average Bonchev–Trinajstić information content (AvgIpc) is 3.14. The van der Waals surface area contributed by atoms with Crippen molar-refractivity contribution < 1.29 is 4.79 Å². The van der Waals surface area contributed by atoms with E-state index in [1.807, 2.05) is 11.0 Å². The van der Waals surface area contributed by atoms with E-state index in [1.165, 1.54) is 27.8 Å². The normalized spacial score (nSPS) is 19.8. The summed E-state index contributed by atoms with van der Waals surface area (Å²) in [5.74, 6) is 0.219. The minimum atomic E-state index is -0.556. The fraction of sp³-hybridized carbons (Fsp3) is 0.192. The van der Waals surface area contributed by atoms with Crippen molar-refractivity contribution in [3.05, 3.63) is 107 Å². The molecule has 1 heterocycles. The lowest BCUT2D eigenvalue weighted by Crippen LogP contribution is -2.35. The van der Waals surface area contributed by atoms with Gasteiger partial charge >= 0.3 is 0 Å². The molecule has 2 nitrogen and oxygen atoms in total. The van der Waals surface area contributed by atoms with Crippen molar-refractivity contribution in [3.63, 3.8) is 0 Å². The van der Waals surface area contributed by atoms with Crippen LogP contribution in [0.5, 0.6) is 0 Å². The fourth-order valence-electron chi connectivity index (χ4n) is 4.73. The molecule has 0 spiro atoms. The SMILES string of the molecule is Cc1ccc(N2C(=O)C(C)(C)C3=C2C(c2ccccc2)c2ccccc23)cc1. The summed E-state index contributed by atoms with van der Waals surface area (Å²) in [6.07, 6.45) is 0. The standard InChI is InChI=1S/C26H23NO/c1-17-13-15-19(16-14-17)27-24-22(18-9-5-4-6-10-18)20-11-7-8-12-21(20)23(24)26(2,3)25(27)28/h4-16,22H,1-3H3. The molecule has 1 aliphatic heterocycles. The summed E-state index contributed by atoms with van der Waals surface area (Å²) in [6, 6.07) is 27.4. The molecular weight excluding hydrogens is 342 g/mol. The quantitative estimate of drug-likeness (QED) is 0.551. The van der Waals surface area contributed by atoms with Crippen LogP contribution in [0.2, 0.25) is 0 Å². The second-order valence-electron chi connectivity index (χ2n) is 8.29. The van der Waals surface area contributed by atoms with Crippen molar-refractivity contribution in [1.82, 2.24) is 0 Å². The van der Waals surface area contributed by atoms with Crippen molar-refractivity contribution in [2.75, 3.05) is 4.90 Å². The van der Waals surface area contributed by atoms with Crippen LogP contribution >= 0.6 is 0 Å². The maximum atomic E-state index is 13.6. The molecule has 5 rings (SSSR count). The van der Waals surface area contributed by atoms with E-state index in [2.05, 4.69) is 93.6 Å². The topological polar surface area (TPSA) is 20.3 Å². The third kappa shape index (κ3) is 2.24. The van der Waals surface area contributed by atoms with Crippen LogP contribution in [0.25, 0.3) is 5.57 Å². The second-order valence-corrected chi connectivity index (χ2v) is 8.29. The molecule has 3 aromatic carbocycles. The minimum absolute atomic E-state index is 0.0689. The van der Waals surface area contributed by atoms with Gasteiger partial charge in [0.15, 0.2) is 0 Å². The summed E-state index contributed by atoms with van der Waals surface area (Å²) in [5, 5.41) is 0. The Morgan fingerprint density at radius 2 is 1.46 bits per heavy atom. The largest absolute Gasteiger partial charge is 0.283 e. The summed E-state index contributed by atoms with van der Waals surface area (Å²) in [7, 11) is 0. The number of allylic oxidation sites excluding steroid dienone is 1. The van der Waals surface area contributed by atoms with Gasteiger partial charge in [0.05, 0.1) is 11.3 Å². The van der Waals surface area contributed by atoms with Gasteiger partial charge in [-0.1, -0.05) is 72.3 Å². The Bertz CT molecular complexity index is 1110. The molecule has 2 aliphatic rings. The van der Waals surface area contributed by atoms with Gasteiger partial charge in [-0.15, -0.1) is 0 Å². The van der Waals surface area contributed by atoms with Gasteiger partial charge in [-0.25, -0.2) is 0 Å². The Morgan fingerprint density at radius 3 is 2.18 bits per heavy atom. The Balaban J connectivity index is 1.79. The number of hydrogen-bond donors (Lipinski definition) is 0. The van der Waals surface area contributed by atoms with Gasteiger partial charge in [-0.05, 0) is 55.2 Å². The Kier molecular flexibility index (Phi) is 3.60. The van der Waals surface area contributed by atoms with Crippen LogP contribution in [0.3, 0.4) is 0 Å². The van der Waals surface area contributed by atoms with Gasteiger partial charge in [-0.3, -0.25) is 9.69 Å². The van der Waals surface area contributed by atoms with Crippen LogP contribution in [0.4, 0.5) is 5.69 Å². The van der Waals surface area contributed by atoms with E-state index in [1.54, 1.807) is 0 Å². The molecule has 1 amide bonds. The van der Waals surface area contributed by atoms with Crippen molar-refractivity contribution in [3.8, 4) is 0 Å². The summed E-state index contributed by atoms with van der Waals surface area (Å²) in [6.45, 7) is 6.19. The van der Waals surface area contributed by atoms with Crippen molar-refractivity contribution in [1.29, 1.82) is 0 Å². The summed E-state index contributed by atoms with van der Waals surface area (Å²) in [4.78, 5) is 15.6. The number of benzene rings is 3. The van der Waals surface area contributed by atoms with Crippen LogP contribution in [0.15, 0.2) is 84.6 Å². The van der Waals surface area contributed by atoms with Crippen LogP contribution in [0, 0.1) is 12.3 Å². The Morgan fingerprint density at radius 1 is 0.821 bits per heavy atom. The molecule has 2 heteroatoms. The zero-order valence-electron chi connectivity index (χ0n) is 16.4. The number of carbonyl (C=O) groups is 1. The monoisotopic (exact) mass is 365 g/mol. The highest BCUT2D eigenvalue weighted by atomic mass is 16.2. The summed E-state index contributed by atoms with van der Waals surface area (Å²) in [5.41, 5.74) is 7.59. The minimum Gasteiger partial charge on any atom is -0.283 e. The number of hydrogen-bond acceptors (Lipinski definition) is 1. The Labute approximate surface area is 166 Å². The second kappa shape index (κ2) is 5.93. The van der Waals surface area contributed by atoms with E-state index >= 15 is 0 Å². The van der Waals surface area contributed by atoms with E-state index in [9.17, 15) is 4.79 Å². The van der Waals surface area contributed by atoms with Gasteiger partial charge in [0.2, 0.25) is 5.91 Å². The molecule has 0 saturated heterocycles. The maximum absolute atomic E-state index is 13.6. The number of anilines is 1. The third-order valence-electron chi connectivity index (χ3n) is 6.10. The predicted molar refractivity (Wildman–Crippen MR) is 114 cm³/mol. The van der Waals surface area contributed by atoms with Crippen LogP contribution < -0.4 is 4.90 Å². The lowest BCUT2D eigenvalue weighted by molar-refractivity contribution is -0.122. The first-order valence-electron chi connectivity index (χ1n) is 9.80. The molecule has 138 valence electrons. The van der Waals surface area contributed by atoms with Gasteiger partial charge in [0.1, 0.15) is 0 Å². The molecule has 0 N–H and O–H groups in total. The number of rotatable bonds is 2. The highest BCUT2D eigenvalue weighted by molar-refractivity contribution is 6.16. The average molecular weight is 365 g/mol. The predicted octanol–water partition coefficient (Wildman–Crippen LogP) is 5.92. The van der Waals surface area contributed by atoms with Gasteiger partial charge in [0.25, 0.3) is 0 Å². The number of nitrogens with zero attached hydrogens (tertiary/aromatic N) is 1.